The zero-order valence-electron chi connectivity index (χ0n) is 16.8. The van der Waals surface area contributed by atoms with Gasteiger partial charge in [-0.05, 0) is 62.2 Å². The molecule has 1 unspecified atom stereocenters. The molecule has 1 aliphatic heterocycles. The number of aromatic nitrogens is 2. The van der Waals surface area contributed by atoms with Crippen LogP contribution in [0.5, 0.6) is 5.75 Å². The van der Waals surface area contributed by atoms with Crippen LogP contribution in [0.25, 0.3) is 11.0 Å². The third-order valence-electron chi connectivity index (χ3n) is 5.57. The quantitative estimate of drug-likeness (QED) is 0.657. The second-order valence-corrected chi connectivity index (χ2v) is 7.52. The summed E-state index contributed by atoms with van der Waals surface area (Å²) >= 11 is 0. The number of aromatic amines is 1. The number of methoxy groups -OCH3 is 1. The maximum Gasteiger partial charge on any atom is 0.124 e. The monoisotopic (exact) mass is 379 g/mol. The molecule has 3 heterocycles. The molecular weight excluding hydrogens is 350 g/mol. The molecule has 0 bridgehead atoms. The highest BCUT2D eigenvalue weighted by molar-refractivity contribution is 5.75. The Kier molecular flexibility index (Phi) is 5.93. The first-order valence-corrected chi connectivity index (χ1v) is 10.2. The van der Waals surface area contributed by atoms with E-state index in [9.17, 15) is 0 Å². The molecule has 0 amide bonds. The predicted molar refractivity (Wildman–Crippen MR) is 112 cm³/mol. The SMILES string of the molecule is CCOCc1cc(CN2CCCC(c3cc4ncccc4[nH]3)C2)ccc1OC. The highest BCUT2D eigenvalue weighted by Gasteiger charge is 2.23. The molecule has 3 aromatic rings. The minimum absolute atomic E-state index is 0.532. The highest BCUT2D eigenvalue weighted by Crippen LogP contribution is 2.30. The second-order valence-electron chi connectivity index (χ2n) is 7.52. The van der Waals surface area contributed by atoms with Gasteiger partial charge in [0.15, 0.2) is 0 Å². The largest absolute Gasteiger partial charge is 0.496 e. The van der Waals surface area contributed by atoms with Crippen molar-refractivity contribution in [2.45, 2.75) is 38.8 Å². The zero-order chi connectivity index (χ0) is 19.3. The van der Waals surface area contributed by atoms with Gasteiger partial charge in [-0.3, -0.25) is 9.88 Å². The van der Waals surface area contributed by atoms with Gasteiger partial charge in [0, 0.05) is 43.1 Å². The first-order chi connectivity index (χ1) is 13.8. The van der Waals surface area contributed by atoms with E-state index in [-0.39, 0.29) is 0 Å². The molecule has 0 spiro atoms. The molecule has 1 aliphatic rings. The smallest absolute Gasteiger partial charge is 0.124 e. The summed E-state index contributed by atoms with van der Waals surface area (Å²) in [4.78, 5) is 10.6. The first-order valence-electron chi connectivity index (χ1n) is 10.2. The fourth-order valence-electron chi connectivity index (χ4n) is 4.16. The Labute approximate surface area is 166 Å². The molecule has 0 radical (unpaired) electrons. The van der Waals surface area contributed by atoms with Gasteiger partial charge in [-0.25, -0.2) is 0 Å². The molecule has 2 aromatic heterocycles. The Hall–Kier alpha value is -2.37. The van der Waals surface area contributed by atoms with E-state index in [0.29, 0.717) is 19.1 Å². The fourth-order valence-corrected chi connectivity index (χ4v) is 4.16. The van der Waals surface area contributed by atoms with Crippen molar-refractivity contribution in [1.82, 2.24) is 14.9 Å². The molecule has 0 saturated carbocycles. The summed E-state index contributed by atoms with van der Waals surface area (Å²) in [6.07, 6.45) is 4.30. The van der Waals surface area contributed by atoms with Gasteiger partial charge >= 0.3 is 0 Å². The van der Waals surface area contributed by atoms with Crippen LogP contribution in [0, 0.1) is 0 Å². The Morgan fingerprint density at radius 3 is 3.00 bits per heavy atom. The van der Waals surface area contributed by atoms with E-state index >= 15 is 0 Å². The van der Waals surface area contributed by atoms with Gasteiger partial charge in [0.2, 0.25) is 0 Å². The zero-order valence-corrected chi connectivity index (χ0v) is 16.8. The molecule has 28 heavy (non-hydrogen) atoms. The van der Waals surface area contributed by atoms with Gasteiger partial charge in [-0.2, -0.15) is 0 Å². The van der Waals surface area contributed by atoms with Gasteiger partial charge in [-0.15, -0.1) is 0 Å². The van der Waals surface area contributed by atoms with E-state index in [1.54, 1.807) is 7.11 Å². The topological polar surface area (TPSA) is 50.4 Å². The molecular formula is C23H29N3O2. The van der Waals surface area contributed by atoms with Gasteiger partial charge in [0.1, 0.15) is 5.75 Å². The van der Waals surface area contributed by atoms with Crippen molar-refractivity contribution in [3.63, 3.8) is 0 Å². The van der Waals surface area contributed by atoms with Crippen LogP contribution in [0.4, 0.5) is 0 Å². The van der Waals surface area contributed by atoms with E-state index in [4.69, 9.17) is 9.47 Å². The summed E-state index contributed by atoms with van der Waals surface area (Å²) < 4.78 is 11.1. The Morgan fingerprint density at radius 2 is 2.18 bits per heavy atom. The van der Waals surface area contributed by atoms with E-state index in [1.165, 1.54) is 24.1 Å². The van der Waals surface area contributed by atoms with Crippen molar-refractivity contribution >= 4 is 11.0 Å². The number of fused-ring (bicyclic) bond motifs is 1. The molecule has 5 nitrogen and oxygen atoms in total. The number of nitrogens with zero attached hydrogens (tertiary/aromatic N) is 2. The van der Waals surface area contributed by atoms with E-state index in [1.807, 2.05) is 19.2 Å². The van der Waals surface area contributed by atoms with Crippen LogP contribution in [-0.2, 0) is 17.9 Å². The molecule has 148 valence electrons. The molecule has 1 fully saturated rings. The Bertz CT molecular complexity index is 888. The molecule has 1 aromatic carbocycles. The van der Waals surface area contributed by atoms with Gasteiger partial charge in [-0.1, -0.05) is 6.07 Å². The number of nitrogens with one attached hydrogen (secondary N) is 1. The van der Waals surface area contributed by atoms with Crippen LogP contribution < -0.4 is 4.74 Å². The minimum Gasteiger partial charge on any atom is -0.496 e. The number of piperidine rings is 1. The van der Waals surface area contributed by atoms with Crippen molar-refractivity contribution in [3.8, 4) is 5.75 Å². The Morgan fingerprint density at radius 1 is 1.25 bits per heavy atom. The second kappa shape index (κ2) is 8.76. The van der Waals surface area contributed by atoms with Crippen molar-refractivity contribution in [2.75, 3.05) is 26.8 Å². The van der Waals surface area contributed by atoms with Gasteiger partial charge < -0.3 is 14.5 Å². The summed E-state index contributed by atoms with van der Waals surface area (Å²) in [5.74, 6) is 1.43. The van der Waals surface area contributed by atoms with E-state index in [0.717, 1.165) is 42.0 Å². The highest BCUT2D eigenvalue weighted by atomic mass is 16.5. The summed E-state index contributed by atoms with van der Waals surface area (Å²) in [6, 6.07) is 12.8. The lowest BCUT2D eigenvalue weighted by molar-refractivity contribution is 0.131. The fraction of sp³-hybridized carbons (Fsp3) is 0.435. The van der Waals surface area contributed by atoms with Crippen LogP contribution in [0.15, 0.2) is 42.6 Å². The van der Waals surface area contributed by atoms with Crippen molar-refractivity contribution in [1.29, 1.82) is 0 Å². The molecule has 1 atom stereocenters. The van der Waals surface area contributed by atoms with Crippen molar-refractivity contribution in [2.24, 2.45) is 0 Å². The van der Waals surface area contributed by atoms with Gasteiger partial charge in [0.25, 0.3) is 0 Å². The Balaban J connectivity index is 1.46. The lowest BCUT2D eigenvalue weighted by atomic mass is 9.94. The molecule has 5 heteroatoms. The lowest BCUT2D eigenvalue weighted by Gasteiger charge is -2.32. The number of ether oxygens (including phenoxy) is 2. The van der Waals surface area contributed by atoms with Crippen LogP contribution in [0.3, 0.4) is 0 Å². The molecule has 0 aliphatic carbocycles. The molecule has 1 N–H and O–H groups in total. The summed E-state index contributed by atoms with van der Waals surface area (Å²) in [6.45, 7) is 6.49. The number of hydrogen-bond donors (Lipinski definition) is 1. The minimum atomic E-state index is 0.532. The number of hydrogen-bond acceptors (Lipinski definition) is 4. The number of benzene rings is 1. The van der Waals surface area contributed by atoms with Crippen LogP contribution in [-0.4, -0.2) is 41.7 Å². The maximum atomic E-state index is 5.61. The number of likely N-dealkylation sites (tertiary alicyclic amines) is 1. The third-order valence-corrected chi connectivity index (χ3v) is 5.57. The molecule has 1 saturated heterocycles. The maximum absolute atomic E-state index is 5.61. The van der Waals surface area contributed by atoms with E-state index in [2.05, 4.69) is 45.2 Å². The predicted octanol–water partition coefficient (Wildman–Crippen LogP) is 4.49. The molecule has 4 rings (SSSR count). The number of pyridine rings is 1. The van der Waals surface area contributed by atoms with Crippen molar-refractivity contribution < 1.29 is 9.47 Å². The van der Waals surface area contributed by atoms with E-state index < -0.39 is 0 Å². The lowest BCUT2D eigenvalue weighted by Crippen LogP contribution is -2.34. The summed E-state index contributed by atoms with van der Waals surface area (Å²) in [5.41, 5.74) is 5.94. The first kappa shape index (κ1) is 19.0. The van der Waals surface area contributed by atoms with Gasteiger partial charge in [0.05, 0.1) is 24.8 Å². The average Bonchev–Trinajstić information content (AvgIpc) is 3.17. The van der Waals surface area contributed by atoms with Crippen LogP contribution in [0.2, 0.25) is 0 Å². The normalized spacial score (nSPS) is 17.9. The average molecular weight is 380 g/mol. The summed E-state index contributed by atoms with van der Waals surface area (Å²) in [7, 11) is 1.72. The number of rotatable bonds is 7. The summed E-state index contributed by atoms with van der Waals surface area (Å²) in [5, 5.41) is 0. The van der Waals surface area contributed by atoms with Crippen molar-refractivity contribution in [3.05, 3.63) is 59.4 Å². The third kappa shape index (κ3) is 4.21. The van der Waals surface area contributed by atoms with Crippen LogP contribution in [0.1, 0.15) is 42.5 Å². The standard InChI is InChI=1S/C23H29N3O2/c1-3-28-16-19-12-17(8-9-23(19)27-2)14-26-11-5-6-18(15-26)21-13-22-20(25-21)7-4-10-24-22/h4,7-10,12-13,18,25H,3,5-6,11,14-16H2,1-2H3. The van der Waals surface area contributed by atoms with Crippen LogP contribution >= 0.6 is 0 Å². The number of H-pyrrole nitrogens is 1.